The predicted octanol–water partition coefficient (Wildman–Crippen LogP) is 3.45. The van der Waals surface area contributed by atoms with Crippen LogP contribution in [0, 0.1) is 0 Å². The average molecular weight is 280 g/mol. The van der Waals surface area contributed by atoms with Crippen molar-refractivity contribution in [2.24, 2.45) is 5.73 Å². The third-order valence-electron chi connectivity index (χ3n) is 4.23. The predicted molar refractivity (Wildman–Crippen MR) is 89.1 cm³/mol. The van der Waals surface area contributed by atoms with Crippen LogP contribution in [0.3, 0.4) is 0 Å². The summed E-state index contributed by atoms with van der Waals surface area (Å²) in [5, 5.41) is 0. The highest BCUT2D eigenvalue weighted by molar-refractivity contribution is 5.65. The minimum Gasteiger partial charge on any atom is -0.330 e. The van der Waals surface area contributed by atoms with Crippen LogP contribution in [0.2, 0.25) is 0 Å². The van der Waals surface area contributed by atoms with Crippen molar-refractivity contribution in [3.63, 3.8) is 0 Å². The molecule has 1 fully saturated rings. The molecule has 0 amide bonds. The van der Waals surface area contributed by atoms with Crippen molar-refractivity contribution >= 4 is 0 Å². The van der Waals surface area contributed by atoms with Gasteiger partial charge >= 0.3 is 0 Å². The molecule has 2 heteroatoms. The summed E-state index contributed by atoms with van der Waals surface area (Å²) >= 11 is 0. The lowest BCUT2D eigenvalue weighted by atomic mass is 10.00. The van der Waals surface area contributed by atoms with E-state index in [9.17, 15) is 0 Å². The van der Waals surface area contributed by atoms with Gasteiger partial charge in [-0.3, -0.25) is 4.90 Å². The lowest BCUT2D eigenvalue weighted by molar-refractivity contribution is 0.331. The summed E-state index contributed by atoms with van der Waals surface area (Å²) < 4.78 is 0. The molecule has 2 aromatic rings. The van der Waals surface area contributed by atoms with Gasteiger partial charge in [0.1, 0.15) is 0 Å². The molecule has 0 unspecified atom stereocenters. The van der Waals surface area contributed by atoms with Gasteiger partial charge in [0, 0.05) is 6.54 Å². The van der Waals surface area contributed by atoms with E-state index in [1.807, 2.05) is 0 Å². The SMILES string of the molecule is NCCc1cccc(-c2cccc(CN3CCCC3)c2)c1. The first kappa shape index (κ1) is 14.3. The molecule has 0 bridgehead atoms. The Morgan fingerprint density at radius 3 is 2.14 bits per heavy atom. The minimum absolute atomic E-state index is 0.707. The van der Waals surface area contributed by atoms with E-state index in [0.717, 1.165) is 13.0 Å². The second-order valence-electron chi connectivity index (χ2n) is 5.92. The molecule has 1 aliphatic heterocycles. The molecule has 1 saturated heterocycles. The molecule has 0 spiro atoms. The summed E-state index contributed by atoms with van der Waals surface area (Å²) in [6.45, 7) is 4.28. The van der Waals surface area contributed by atoms with Gasteiger partial charge in [-0.15, -0.1) is 0 Å². The lowest BCUT2D eigenvalue weighted by Gasteiger charge is -2.15. The maximum absolute atomic E-state index is 5.66. The first-order valence-corrected chi connectivity index (χ1v) is 7.96. The molecule has 2 aromatic carbocycles. The standard InChI is InChI=1S/C19H24N2/c20-10-9-16-5-3-7-18(13-16)19-8-4-6-17(14-19)15-21-11-1-2-12-21/h3-8,13-14H,1-2,9-12,15,20H2. The number of nitrogens with two attached hydrogens (primary N) is 1. The Hall–Kier alpha value is -1.64. The zero-order valence-electron chi connectivity index (χ0n) is 12.6. The highest BCUT2D eigenvalue weighted by atomic mass is 15.1. The second kappa shape index (κ2) is 6.88. The van der Waals surface area contributed by atoms with E-state index in [1.54, 1.807) is 0 Å². The van der Waals surface area contributed by atoms with Gasteiger partial charge in [-0.2, -0.15) is 0 Å². The van der Waals surface area contributed by atoms with Gasteiger partial charge in [0.2, 0.25) is 0 Å². The van der Waals surface area contributed by atoms with Gasteiger partial charge < -0.3 is 5.73 Å². The maximum Gasteiger partial charge on any atom is 0.0233 e. The molecule has 2 nitrogen and oxygen atoms in total. The Bertz CT molecular complexity index is 586. The van der Waals surface area contributed by atoms with E-state index >= 15 is 0 Å². The first-order valence-electron chi connectivity index (χ1n) is 7.96. The summed E-state index contributed by atoms with van der Waals surface area (Å²) in [4.78, 5) is 2.55. The molecular weight excluding hydrogens is 256 g/mol. The third kappa shape index (κ3) is 3.72. The Kier molecular flexibility index (Phi) is 4.69. The summed E-state index contributed by atoms with van der Waals surface area (Å²) in [5.41, 5.74) is 11.0. The molecule has 110 valence electrons. The zero-order chi connectivity index (χ0) is 14.5. The highest BCUT2D eigenvalue weighted by Crippen LogP contribution is 2.23. The van der Waals surface area contributed by atoms with Crippen LogP contribution in [0.15, 0.2) is 48.5 Å². The van der Waals surface area contributed by atoms with Gasteiger partial charge in [0.05, 0.1) is 0 Å². The van der Waals surface area contributed by atoms with E-state index in [0.29, 0.717) is 6.54 Å². The van der Waals surface area contributed by atoms with Crippen molar-refractivity contribution < 1.29 is 0 Å². The number of hydrogen-bond donors (Lipinski definition) is 1. The van der Waals surface area contributed by atoms with E-state index < -0.39 is 0 Å². The van der Waals surface area contributed by atoms with E-state index in [2.05, 4.69) is 53.4 Å². The van der Waals surface area contributed by atoms with Gasteiger partial charge in [-0.25, -0.2) is 0 Å². The van der Waals surface area contributed by atoms with Gasteiger partial charge in [0.25, 0.3) is 0 Å². The number of hydrogen-bond acceptors (Lipinski definition) is 2. The normalized spacial score (nSPS) is 15.5. The molecule has 0 aromatic heterocycles. The van der Waals surface area contributed by atoms with Crippen LogP contribution in [-0.2, 0) is 13.0 Å². The fourth-order valence-electron chi connectivity index (χ4n) is 3.12. The van der Waals surface area contributed by atoms with Crippen molar-refractivity contribution in [2.45, 2.75) is 25.8 Å². The topological polar surface area (TPSA) is 29.3 Å². The van der Waals surface area contributed by atoms with Gasteiger partial charge in [-0.05, 0) is 67.2 Å². The van der Waals surface area contributed by atoms with Crippen LogP contribution >= 0.6 is 0 Å². The number of rotatable bonds is 5. The van der Waals surface area contributed by atoms with Crippen molar-refractivity contribution in [1.82, 2.24) is 4.90 Å². The molecular formula is C19H24N2. The van der Waals surface area contributed by atoms with E-state index in [-0.39, 0.29) is 0 Å². The van der Waals surface area contributed by atoms with Gasteiger partial charge in [-0.1, -0.05) is 42.5 Å². The van der Waals surface area contributed by atoms with Crippen molar-refractivity contribution in [3.8, 4) is 11.1 Å². The largest absolute Gasteiger partial charge is 0.330 e. The van der Waals surface area contributed by atoms with Crippen LogP contribution < -0.4 is 5.73 Å². The molecule has 1 aliphatic rings. The number of likely N-dealkylation sites (tertiary alicyclic amines) is 1. The molecule has 1 heterocycles. The summed E-state index contributed by atoms with van der Waals surface area (Å²) in [7, 11) is 0. The van der Waals surface area contributed by atoms with Crippen molar-refractivity contribution in [2.75, 3.05) is 19.6 Å². The Balaban J connectivity index is 1.79. The number of nitrogens with zero attached hydrogens (tertiary/aromatic N) is 1. The fourth-order valence-corrected chi connectivity index (χ4v) is 3.12. The van der Waals surface area contributed by atoms with Crippen molar-refractivity contribution in [3.05, 3.63) is 59.7 Å². The molecule has 2 N–H and O–H groups in total. The molecule has 0 aliphatic carbocycles. The average Bonchev–Trinajstić information content (AvgIpc) is 3.01. The first-order chi connectivity index (χ1) is 10.3. The lowest BCUT2D eigenvalue weighted by Crippen LogP contribution is -2.18. The quantitative estimate of drug-likeness (QED) is 0.909. The maximum atomic E-state index is 5.66. The Morgan fingerprint density at radius 1 is 0.857 bits per heavy atom. The Morgan fingerprint density at radius 2 is 1.48 bits per heavy atom. The summed E-state index contributed by atoms with van der Waals surface area (Å²) in [6, 6.07) is 17.7. The highest BCUT2D eigenvalue weighted by Gasteiger charge is 2.11. The van der Waals surface area contributed by atoms with E-state index in [1.165, 1.54) is 48.2 Å². The van der Waals surface area contributed by atoms with Crippen molar-refractivity contribution in [1.29, 1.82) is 0 Å². The van der Waals surface area contributed by atoms with Crippen LogP contribution in [0.25, 0.3) is 11.1 Å². The number of benzene rings is 2. The third-order valence-corrected chi connectivity index (χ3v) is 4.23. The molecule has 0 radical (unpaired) electrons. The minimum atomic E-state index is 0.707. The molecule has 0 atom stereocenters. The van der Waals surface area contributed by atoms with Gasteiger partial charge in [0.15, 0.2) is 0 Å². The monoisotopic (exact) mass is 280 g/mol. The summed E-state index contributed by atoms with van der Waals surface area (Å²) in [5.74, 6) is 0. The fraction of sp³-hybridized carbons (Fsp3) is 0.368. The van der Waals surface area contributed by atoms with Crippen LogP contribution in [0.4, 0.5) is 0 Å². The molecule has 21 heavy (non-hydrogen) atoms. The molecule has 3 rings (SSSR count). The molecule has 0 saturated carbocycles. The van der Waals surface area contributed by atoms with Crippen LogP contribution in [0.1, 0.15) is 24.0 Å². The second-order valence-corrected chi connectivity index (χ2v) is 5.92. The van der Waals surface area contributed by atoms with Crippen LogP contribution in [0.5, 0.6) is 0 Å². The summed E-state index contributed by atoms with van der Waals surface area (Å²) in [6.07, 6.45) is 3.64. The van der Waals surface area contributed by atoms with Crippen LogP contribution in [-0.4, -0.2) is 24.5 Å². The zero-order valence-corrected chi connectivity index (χ0v) is 12.6. The van der Waals surface area contributed by atoms with E-state index in [4.69, 9.17) is 5.73 Å². The Labute approximate surface area is 127 Å². The smallest absolute Gasteiger partial charge is 0.0233 e.